The predicted molar refractivity (Wildman–Crippen MR) is 106 cm³/mol. The first kappa shape index (κ1) is 20.3. The number of rotatable bonds is 9. The third-order valence-electron chi connectivity index (χ3n) is 5.51. The number of aliphatic hydroxyl groups excluding tert-OH is 2. The zero-order chi connectivity index (χ0) is 20.1. The van der Waals surface area contributed by atoms with Crippen LogP contribution in [0.1, 0.15) is 18.4 Å². The van der Waals surface area contributed by atoms with Gasteiger partial charge in [0, 0.05) is 18.8 Å². The highest BCUT2D eigenvalue weighted by Gasteiger charge is 2.50. The van der Waals surface area contributed by atoms with Crippen LogP contribution in [0.5, 0.6) is 5.75 Å². The van der Waals surface area contributed by atoms with Gasteiger partial charge < -0.3 is 29.2 Å². The molecule has 6 nitrogen and oxygen atoms in total. The summed E-state index contributed by atoms with van der Waals surface area (Å²) in [5, 5.41) is 20.2. The predicted octanol–water partition coefficient (Wildman–Crippen LogP) is 2.52. The van der Waals surface area contributed by atoms with Crippen molar-refractivity contribution < 1.29 is 29.2 Å². The van der Waals surface area contributed by atoms with Crippen molar-refractivity contribution in [2.24, 2.45) is 5.92 Å². The highest BCUT2D eigenvalue weighted by Crippen LogP contribution is 2.41. The number of fused-ring (bicyclic) bond motifs is 2. The fourth-order valence-electron chi connectivity index (χ4n) is 4.11. The minimum Gasteiger partial charge on any atom is -0.491 e. The SMILES string of the molecule is OC(COc1ccccc1)CO[C@@H]1[C@H]2CC(O)O[C@@H]1C[C@H]2OCc1ccccc1. The summed E-state index contributed by atoms with van der Waals surface area (Å²) in [7, 11) is 0. The Morgan fingerprint density at radius 3 is 2.41 bits per heavy atom. The molecule has 2 bridgehead atoms. The van der Waals surface area contributed by atoms with Crippen LogP contribution in [0, 0.1) is 5.92 Å². The lowest BCUT2D eigenvalue weighted by Crippen LogP contribution is -2.43. The molecule has 2 aromatic carbocycles. The molecule has 1 heterocycles. The standard InChI is InChI=1S/C23H28O6/c24-17(14-26-18-9-5-2-6-10-18)15-28-23-19-11-22(25)29-21(23)12-20(19)27-13-16-7-3-1-4-8-16/h1-10,17,19-25H,11-15H2/t17?,19-,20+,21+,22?,23+/m0/s1. The topological polar surface area (TPSA) is 77.4 Å². The summed E-state index contributed by atoms with van der Waals surface area (Å²) in [5.74, 6) is 0.750. The largest absolute Gasteiger partial charge is 0.491 e. The first-order valence-electron chi connectivity index (χ1n) is 10.2. The summed E-state index contributed by atoms with van der Waals surface area (Å²) in [6.07, 6.45) is -0.864. The number of hydrogen-bond acceptors (Lipinski definition) is 6. The van der Waals surface area contributed by atoms with Gasteiger partial charge in [0.25, 0.3) is 0 Å². The summed E-state index contributed by atoms with van der Waals surface area (Å²) >= 11 is 0. The Kier molecular flexibility index (Phi) is 6.79. The number of hydrogen-bond donors (Lipinski definition) is 2. The molecule has 2 unspecified atom stereocenters. The molecule has 2 fully saturated rings. The second kappa shape index (κ2) is 9.69. The van der Waals surface area contributed by atoms with E-state index in [4.69, 9.17) is 18.9 Å². The lowest BCUT2D eigenvalue weighted by Gasteiger charge is -2.34. The fourth-order valence-corrected chi connectivity index (χ4v) is 4.11. The van der Waals surface area contributed by atoms with Crippen LogP contribution in [0.25, 0.3) is 0 Å². The highest BCUT2D eigenvalue weighted by atomic mass is 16.6. The van der Waals surface area contributed by atoms with E-state index in [-0.39, 0.29) is 37.4 Å². The molecule has 4 rings (SSSR count). The normalized spacial score (nSPS) is 29.5. The van der Waals surface area contributed by atoms with Crippen molar-refractivity contribution in [3.05, 3.63) is 66.2 Å². The molecular formula is C23H28O6. The van der Waals surface area contributed by atoms with Crippen molar-refractivity contribution in [2.75, 3.05) is 13.2 Å². The third kappa shape index (κ3) is 5.35. The van der Waals surface area contributed by atoms with Crippen LogP contribution in [0.2, 0.25) is 0 Å². The van der Waals surface area contributed by atoms with Crippen LogP contribution in [0.4, 0.5) is 0 Å². The molecule has 0 spiro atoms. The fraction of sp³-hybridized carbons (Fsp3) is 0.478. The van der Waals surface area contributed by atoms with E-state index in [0.717, 1.165) is 5.56 Å². The molecule has 2 N–H and O–H groups in total. The Morgan fingerprint density at radius 1 is 0.931 bits per heavy atom. The van der Waals surface area contributed by atoms with Gasteiger partial charge in [0.1, 0.15) is 18.5 Å². The van der Waals surface area contributed by atoms with Crippen molar-refractivity contribution in [1.29, 1.82) is 0 Å². The van der Waals surface area contributed by atoms with E-state index in [1.54, 1.807) is 0 Å². The van der Waals surface area contributed by atoms with Crippen molar-refractivity contribution in [1.82, 2.24) is 0 Å². The first-order chi connectivity index (χ1) is 14.2. The van der Waals surface area contributed by atoms with Gasteiger partial charge in [0.2, 0.25) is 0 Å². The Bertz CT molecular complexity index is 740. The van der Waals surface area contributed by atoms with E-state index in [0.29, 0.717) is 25.2 Å². The van der Waals surface area contributed by atoms with Crippen molar-refractivity contribution in [3.63, 3.8) is 0 Å². The Balaban J connectivity index is 1.28. The molecule has 29 heavy (non-hydrogen) atoms. The van der Waals surface area contributed by atoms with Crippen LogP contribution >= 0.6 is 0 Å². The summed E-state index contributed by atoms with van der Waals surface area (Å²) in [4.78, 5) is 0. The monoisotopic (exact) mass is 400 g/mol. The molecule has 1 aliphatic heterocycles. The minimum atomic E-state index is -0.790. The molecule has 156 valence electrons. The molecule has 1 saturated heterocycles. The average Bonchev–Trinajstić information content (AvgIpc) is 2.96. The van der Waals surface area contributed by atoms with Gasteiger partial charge in [0.05, 0.1) is 31.5 Å². The molecule has 6 heteroatoms. The molecule has 0 amide bonds. The molecule has 2 aromatic rings. The van der Waals surface area contributed by atoms with Gasteiger partial charge in [-0.25, -0.2) is 0 Å². The third-order valence-corrected chi connectivity index (χ3v) is 5.51. The van der Waals surface area contributed by atoms with Crippen LogP contribution in [-0.2, 0) is 20.8 Å². The molecule has 2 aliphatic rings. The summed E-state index contributed by atoms with van der Waals surface area (Å²) in [6, 6.07) is 19.4. The number of para-hydroxylation sites is 1. The maximum absolute atomic E-state index is 10.2. The summed E-state index contributed by atoms with van der Waals surface area (Å²) in [5.41, 5.74) is 1.11. The Morgan fingerprint density at radius 2 is 1.66 bits per heavy atom. The van der Waals surface area contributed by atoms with Gasteiger partial charge in [-0.2, -0.15) is 0 Å². The summed E-state index contributed by atoms with van der Waals surface area (Å²) < 4.78 is 23.4. The van der Waals surface area contributed by atoms with E-state index in [1.807, 2.05) is 60.7 Å². The van der Waals surface area contributed by atoms with Gasteiger partial charge in [-0.05, 0) is 17.7 Å². The van der Waals surface area contributed by atoms with Crippen molar-refractivity contribution >= 4 is 0 Å². The van der Waals surface area contributed by atoms with Gasteiger partial charge in [-0.3, -0.25) is 0 Å². The molecule has 0 radical (unpaired) electrons. The van der Waals surface area contributed by atoms with E-state index < -0.39 is 12.4 Å². The van der Waals surface area contributed by atoms with Crippen LogP contribution in [0.3, 0.4) is 0 Å². The Hall–Kier alpha value is -1.96. The number of ether oxygens (including phenoxy) is 4. The maximum atomic E-state index is 10.2. The second-order valence-corrected chi connectivity index (χ2v) is 7.68. The number of aliphatic hydroxyl groups is 2. The lowest BCUT2D eigenvalue weighted by molar-refractivity contribution is -0.215. The molecular weight excluding hydrogens is 372 g/mol. The van der Waals surface area contributed by atoms with E-state index in [1.165, 1.54) is 0 Å². The zero-order valence-electron chi connectivity index (χ0n) is 16.3. The maximum Gasteiger partial charge on any atom is 0.155 e. The first-order valence-corrected chi connectivity index (χ1v) is 10.2. The van der Waals surface area contributed by atoms with Gasteiger partial charge in [-0.15, -0.1) is 0 Å². The van der Waals surface area contributed by atoms with Gasteiger partial charge in [-0.1, -0.05) is 48.5 Å². The average molecular weight is 400 g/mol. The smallest absolute Gasteiger partial charge is 0.155 e. The van der Waals surface area contributed by atoms with Crippen molar-refractivity contribution in [3.8, 4) is 5.75 Å². The van der Waals surface area contributed by atoms with Crippen LogP contribution in [0.15, 0.2) is 60.7 Å². The zero-order valence-corrected chi connectivity index (χ0v) is 16.3. The van der Waals surface area contributed by atoms with E-state index in [9.17, 15) is 10.2 Å². The number of benzene rings is 2. The lowest BCUT2D eigenvalue weighted by atomic mass is 9.97. The molecule has 1 saturated carbocycles. The Labute approximate surface area is 171 Å². The molecule has 0 aromatic heterocycles. The van der Waals surface area contributed by atoms with Crippen molar-refractivity contribution in [2.45, 2.75) is 50.2 Å². The van der Waals surface area contributed by atoms with Gasteiger partial charge >= 0.3 is 0 Å². The van der Waals surface area contributed by atoms with Crippen LogP contribution < -0.4 is 4.74 Å². The minimum absolute atomic E-state index is 0.0368. The highest BCUT2D eigenvalue weighted by molar-refractivity contribution is 5.20. The van der Waals surface area contributed by atoms with E-state index >= 15 is 0 Å². The van der Waals surface area contributed by atoms with E-state index in [2.05, 4.69) is 0 Å². The molecule has 6 atom stereocenters. The van der Waals surface area contributed by atoms with Gasteiger partial charge in [0.15, 0.2) is 6.29 Å². The quantitative estimate of drug-likeness (QED) is 0.674. The van der Waals surface area contributed by atoms with Crippen LogP contribution in [-0.4, -0.2) is 54.1 Å². The second-order valence-electron chi connectivity index (χ2n) is 7.68. The molecule has 1 aliphatic carbocycles. The summed E-state index contributed by atoms with van der Waals surface area (Å²) in [6.45, 7) is 0.823.